The van der Waals surface area contributed by atoms with Crippen molar-refractivity contribution in [2.45, 2.75) is 19.4 Å². The zero-order valence-corrected chi connectivity index (χ0v) is 14.3. The number of halogens is 3. The fourth-order valence-corrected chi connectivity index (χ4v) is 2.63. The van der Waals surface area contributed by atoms with E-state index < -0.39 is 0 Å². The van der Waals surface area contributed by atoms with Gasteiger partial charge in [-0.05, 0) is 64.3 Å². The van der Waals surface area contributed by atoms with E-state index in [0.29, 0.717) is 0 Å². The van der Waals surface area contributed by atoms with Crippen LogP contribution in [-0.2, 0) is 0 Å². The molecule has 0 aliphatic carbocycles. The summed E-state index contributed by atoms with van der Waals surface area (Å²) in [4.78, 5) is 0. The van der Waals surface area contributed by atoms with Gasteiger partial charge in [0.2, 0.25) is 0 Å². The first-order valence-electron chi connectivity index (χ1n) is 6.55. The van der Waals surface area contributed by atoms with Crippen molar-refractivity contribution >= 4 is 39.1 Å². The molecule has 0 fully saturated rings. The van der Waals surface area contributed by atoms with Gasteiger partial charge in [-0.1, -0.05) is 48.3 Å². The van der Waals surface area contributed by atoms with Crippen molar-refractivity contribution in [3.63, 3.8) is 0 Å². The van der Waals surface area contributed by atoms with Crippen LogP contribution in [0.5, 0.6) is 0 Å². The molecule has 1 unspecified atom stereocenters. The molecule has 0 amide bonds. The largest absolute Gasteiger partial charge is 0.306 e. The van der Waals surface area contributed by atoms with Crippen LogP contribution in [0.3, 0.4) is 0 Å². The SMILES string of the molecule is CCCNC(c1ccc(Cl)cc1)c1ccc(Br)c(Cl)c1. The molecule has 0 saturated carbocycles. The molecule has 0 saturated heterocycles. The van der Waals surface area contributed by atoms with Gasteiger partial charge >= 0.3 is 0 Å². The standard InChI is InChI=1S/C16H16BrCl2N/c1-2-9-20-16(11-3-6-13(18)7-4-11)12-5-8-14(17)15(19)10-12/h3-8,10,16,20H,2,9H2,1H3. The Labute approximate surface area is 138 Å². The van der Waals surface area contributed by atoms with Crippen LogP contribution in [0.25, 0.3) is 0 Å². The Morgan fingerprint density at radius 3 is 2.30 bits per heavy atom. The van der Waals surface area contributed by atoms with Crippen LogP contribution in [0.1, 0.15) is 30.5 Å². The van der Waals surface area contributed by atoms with Gasteiger partial charge in [0.25, 0.3) is 0 Å². The van der Waals surface area contributed by atoms with Gasteiger partial charge in [-0.3, -0.25) is 0 Å². The summed E-state index contributed by atoms with van der Waals surface area (Å²) in [7, 11) is 0. The Morgan fingerprint density at radius 1 is 1.05 bits per heavy atom. The Balaban J connectivity index is 2.35. The molecule has 1 nitrogen and oxygen atoms in total. The second kappa shape index (κ2) is 7.46. The molecule has 2 aromatic carbocycles. The minimum Gasteiger partial charge on any atom is -0.306 e. The first kappa shape index (κ1) is 15.8. The summed E-state index contributed by atoms with van der Waals surface area (Å²) in [5, 5.41) is 5.02. The lowest BCUT2D eigenvalue weighted by molar-refractivity contribution is 0.598. The molecular formula is C16H16BrCl2N. The van der Waals surface area contributed by atoms with Crippen LogP contribution >= 0.6 is 39.1 Å². The average molecular weight is 373 g/mol. The molecule has 0 heterocycles. The van der Waals surface area contributed by atoms with Gasteiger partial charge in [0.15, 0.2) is 0 Å². The third kappa shape index (κ3) is 3.98. The monoisotopic (exact) mass is 371 g/mol. The summed E-state index contributed by atoms with van der Waals surface area (Å²) >= 11 is 15.6. The third-order valence-corrected chi connectivity index (χ3v) is 4.56. The van der Waals surface area contributed by atoms with Crippen LogP contribution in [0.15, 0.2) is 46.9 Å². The fourth-order valence-electron chi connectivity index (χ4n) is 2.06. The van der Waals surface area contributed by atoms with Gasteiger partial charge in [-0.15, -0.1) is 0 Å². The van der Waals surface area contributed by atoms with E-state index in [1.54, 1.807) is 0 Å². The van der Waals surface area contributed by atoms with E-state index in [9.17, 15) is 0 Å². The second-order valence-corrected chi connectivity index (χ2v) is 6.31. The van der Waals surface area contributed by atoms with Crippen molar-refractivity contribution < 1.29 is 0 Å². The Bertz CT molecular complexity index is 569. The average Bonchev–Trinajstić information content (AvgIpc) is 2.45. The predicted octanol–water partition coefficient (Wildman–Crippen LogP) is 5.84. The molecule has 0 aliphatic rings. The zero-order chi connectivity index (χ0) is 14.5. The molecule has 1 atom stereocenters. The fraction of sp³-hybridized carbons (Fsp3) is 0.250. The lowest BCUT2D eigenvalue weighted by Gasteiger charge is -2.20. The highest BCUT2D eigenvalue weighted by molar-refractivity contribution is 9.10. The zero-order valence-electron chi connectivity index (χ0n) is 11.2. The van der Waals surface area contributed by atoms with Crippen LogP contribution in [0, 0.1) is 0 Å². The molecule has 0 bridgehead atoms. The van der Waals surface area contributed by atoms with Crippen molar-refractivity contribution in [2.75, 3.05) is 6.54 Å². The van der Waals surface area contributed by atoms with E-state index in [4.69, 9.17) is 23.2 Å². The molecule has 0 spiro atoms. The molecule has 106 valence electrons. The molecule has 1 N–H and O–H groups in total. The first-order valence-corrected chi connectivity index (χ1v) is 8.10. The van der Waals surface area contributed by atoms with Crippen molar-refractivity contribution in [3.8, 4) is 0 Å². The van der Waals surface area contributed by atoms with E-state index in [2.05, 4.69) is 34.2 Å². The van der Waals surface area contributed by atoms with Crippen molar-refractivity contribution in [3.05, 3.63) is 68.1 Å². The quantitative estimate of drug-likeness (QED) is 0.694. The summed E-state index contributed by atoms with van der Waals surface area (Å²) in [6.45, 7) is 3.10. The molecular weight excluding hydrogens is 357 g/mol. The number of benzene rings is 2. The highest BCUT2D eigenvalue weighted by atomic mass is 79.9. The topological polar surface area (TPSA) is 12.0 Å². The first-order chi connectivity index (χ1) is 9.61. The highest BCUT2D eigenvalue weighted by Gasteiger charge is 2.14. The normalized spacial score (nSPS) is 12.4. The summed E-state index contributed by atoms with van der Waals surface area (Å²) in [6, 6.07) is 14.1. The van der Waals surface area contributed by atoms with Gasteiger partial charge in [-0.2, -0.15) is 0 Å². The Kier molecular flexibility index (Phi) is 5.91. The summed E-state index contributed by atoms with van der Waals surface area (Å²) in [6.07, 6.45) is 1.08. The smallest absolute Gasteiger partial charge is 0.0577 e. The van der Waals surface area contributed by atoms with Gasteiger partial charge in [-0.25, -0.2) is 0 Å². The predicted molar refractivity (Wildman–Crippen MR) is 90.7 cm³/mol. The van der Waals surface area contributed by atoms with Gasteiger partial charge in [0, 0.05) is 9.50 Å². The number of rotatable bonds is 5. The molecule has 4 heteroatoms. The number of nitrogens with one attached hydrogen (secondary N) is 1. The molecule has 0 radical (unpaired) electrons. The second-order valence-electron chi connectivity index (χ2n) is 4.61. The van der Waals surface area contributed by atoms with E-state index in [1.807, 2.05) is 36.4 Å². The van der Waals surface area contributed by atoms with Crippen molar-refractivity contribution in [2.24, 2.45) is 0 Å². The Hall–Kier alpha value is -0.540. The summed E-state index contributed by atoms with van der Waals surface area (Å²) < 4.78 is 0.910. The molecule has 0 aromatic heterocycles. The molecule has 2 rings (SSSR count). The number of hydrogen-bond donors (Lipinski definition) is 1. The minimum atomic E-state index is 0.123. The maximum absolute atomic E-state index is 6.21. The molecule has 2 aromatic rings. The van der Waals surface area contributed by atoms with Crippen molar-refractivity contribution in [1.82, 2.24) is 5.32 Å². The van der Waals surface area contributed by atoms with Crippen LogP contribution < -0.4 is 5.32 Å². The van der Waals surface area contributed by atoms with Crippen LogP contribution in [0.4, 0.5) is 0 Å². The lowest BCUT2D eigenvalue weighted by Crippen LogP contribution is -2.23. The third-order valence-electron chi connectivity index (χ3n) is 3.08. The number of hydrogen-bond acceptors (Lipinski definition) is 1. The summed E-state index contributed by atoms with van der Waals surface area (Å²) in [5.74, 6) is 0. The van der Waals surface area contributed by atoms with E-state index in [0.717, 1.165) is 33.0 Å². The van der Waals surface area contributed by atoms with E-state index in [1.165, 1.54) is 5.56 Å². The van der Waals surface area contributed by atoms with E-state index in [-0.39, 0.29) is 6.04 Å². The van der Waals surface area contributed by atoms with Gasteiger partial charge in [0.05, 0.1) is 11.1 Å². The van der Waals surface area contributed by atoms with Gasteiger partial charge in [0.1, 0.15) is 0 Å². The lowest BCUT2D eigenvalue weighted by atomic mass is 9.98. The maximum atomic E-state index is 6.21. The minimum absolute atomic E-state index is 0.123. The van der Waals surface area contributed by atoms with E-state index >= 15 is 0 Å². The van der Waals surface area contributed by atoms with Crippen LogP contribution in [-0.4, -0.2) is 6.54 Å². The maximum Gasteiger partial charge on any atom is 0.0577 e. The van der Waals surface area contributed by atoms with Gasteiger partial charge < -0.3 is 5.32 Å². The molecule has 0 aliphatic heterocycles. The highest BCUT2D eigenvalue weighted by Crippen LogP contribution is 2.29. The molecule has 20 heavy (non-hydrogen) atoms. The van der Waals surface area contributed by atoms with Crippen molar-refractivity contribution in [1.29, 1.82) is 0 Å². The Morgan fingerprint density at radius 2 is 1.70 bits per heavy atom. The summed E-state index contributed by atoms with van der Waals surface area (Å²) in [5.41, 5.74) is 2.33. The van der Waals surface area contributed by atoms with Crippen LogP contribution in [0.2, 0.25) is 10.0 Å².